The Hall–Kier alpha value is -2.24. The molecular weight excluding hydrogens is 396 g/mol. The lowest BCUT2D eigenvalue weighted by Crippen LogP contribution is -2.49. The van der Waals surface area contributed by atoms with Crippen molar-refractivity contribution in [2.45, 2.75) is 25.2 Å². The highest BCUT2D eigenvalue weighted by Gasteiger charge is 2.27. The fourth-order valence-electron chi connectivity index (χ4n) is 5.88. The van der Waals surface area contributed by atoms with E-state index in [1.807, 2.05) is 0 Å². The number of hydrogen-bond acceptors (Lipinski definition) is 5. The summed E-state index contributed by atoms with van der Waals surface area (Å²) < 4.78 is 5.57. The van der Waals surface area contributed by atoms with Gasteiger partial charge >= 0.3 is 0 Å². The molecule has 0 bridgehead atoms. The van der Waals surface area contributed by atoms with Crippen LogP contribution in [0.3, 0.4) is 0 Å². The summed E-state index contributed by atoms with van der Waals surface area (Å²) in [5.41, 5.74) is 4.11. The topological polar surface area (TPSA) is 31.0 Å². The number of benzene rings is 2. The number of methoxy groups -OCH3 is 1. The van der Waals surface area contributed by atoms with Gasteiger partial charge in [-0.25, -0.2) is 0 Å². The minimum absolute atomic E-state index is 0.676. The molecule has 0 aromatic heterocycles. The van der Waals surface area contributed by atoms with E-state index in [1.54, 1.807) is 7.11 Å². The van der Waals surface area contributed by atoms with Crippen LogP contribution in [-0.2, 0) is 0 Å². The third-order valence-electron chi connectivity index (χ3n) is 7.65. The molecule has 0 spiro atoms. The number of anilines is 2. The van der Waals surface area contributed by atoms with Gasteiger partial charge in [0, 0.05) is 57.4 Å². The normalized spacial score (nSPS) is 24.2. The van der Waals surface area contributed by atoms with Crippen molar-refractivity contribution in [3.05, 3.63) is 54.1 Å². The van der Waals surface area contributed by atoms with E-state index in [4.69, 9.17) is 4.74 Å². The monoisotopic (exact) mass is 434 g/mol. The SMILES string of the molecule is COc1ccccc1N1CCN(CC2CCCN(CCC3CNc4ccccc43)C2)CC1. The van der Waals surface area contributed by atoms with Crippen LogP contribution in [0.15, 0.2) is 48.5 Å². The van der Waals surface area contributed by atoms with Crippen molar-refractivity contribution in [2.75, 3.05) is 76.2 Å². The summed E-state index contributed by atoms with van der Waals surface area (Å²) in [6, 6.07) is 17.3. The highest BCUT2D eigenvalue weighted by molar-refractivity contribution is 5.59. The zero-order valence-electron chi connectivity index (χ0n) is 19.5. The number of fused-ring (bicyclic) bond motifs is 1. The van der Waals surface area contributed by atoms with E-state index < -0.39 is 0 Å². The Morgan fingerprint density at radius 3 is 2.62 bits per heavy atom. The summed E-state index contributed by atoms with van der Waals surface area (Å²) in [5, 5.41) is 3.59. The van der Waals surface area contributed by atoms with Gasteiger partial charge in [0.2, 0.25) is 0 Å². The first kappa shape index (κ1) is 21.6. The molecule has 1 N–H and O–H groups in total. The Balaban J connectivity index is 1.08. The number of rotatable bonds is 7. The van der Waals surface area contributed by atoms with Gasteiger partial charge in [0.25, 0.3) is 0 Å². The Morgan fingerprint density at radius 1 is 0.938 bits per heavy atom. The molecule has 32 heavy (non-hydrogen) atoms. The number of ether oxygens (including phenoxy) is 1. The van der Waals surface area contributed by atoms with Crippen LogP contribution in [0.25, 0.3) is 0 Å². The molecule has 5 heteroatoms. The van der Waals surface area contributed by atoms with Crippen molar-refractivity contribution >= 4 is 11.4 Å². The summed E-state index contributed by atoms with van der Waals surface area (Å²) in [6.45, 7) is 10.6. The average molecular weight is 435 g/mol. The maximum atomic E-state index is 5.57. The van der Waals surface area contributed by atoms with Crippen molar-refractivity contribution in [1.82, 2.24) is 9.80 Å². The van der Waals surface area contributed by atoms with E-state index in [2.05, 4.69) is 68.5 Å². The maximum Gasteiger partial charge on any atom is 0.142 e. The van der Waals surface area contributed by atoms with Gasteiger partial charge in [-0.2, -0.15) is 0 Å². The van der Waals surface area contributed by atoms with Gasteiger partial charge < -0.3 is 19.9 Å². The Kier molecular flexibility index (Phi) is 6.84. The van der Waals surface area contributed by atoms with Crippen LogP contribution in [0, 0.1) is 5.92 Å². The molecule has 2 saturated heterocycles. The number of piperidine rings is 1. The molecule has 2 aromatic carbocycles. The number of nitrogens with one attached hydrogen (secondary N) is 1. The molecule has 0 saturated carbocycles. The predicted octanol–water partition coefficient (Wildman–Crippen LogP) is 4.13. The fraction of sp³-hybridized carbons (Fsp3) is 0.556. The average Bonchev–Trinajstić information content (AvgIpc) is 3.27. The first-order valence-corrected chi connectivity index (χ1v) is 12.5. The second-order valence-electron chi connectivity index (χ2n) is 9.72. The molecule has 3 aliphatic heterocycles. The van der Waals surface area contributed by atoms with E-state index >= 15 is 0 Å². The van der Waals surface area contributed by atoms with Crippen molar-refractivity contribution in [3.8, 4) is 5.75 Å². The van der Waals surface area contributed by atoms with E-state index in [-0.39, 0.29) is 0 Å². The molecule has 5 rings (SSSR count). The molecule has 0 amide bonds. The molecule has 2 unspecified atom stereocenters. The Bertz CT molecular complexity index is 879. The summed E-state index contributed by atoms with van der Waals surface area (Å²) in [4.78, 5) is 7.91. The van der Waals surface area contributed by atoms with Gasteiger partial charge in [0.05, 0.1) is 12.8 Å². The maximum absolute atomic E-state index is 5.57. The largest absolute Gasteiger partial charge is 0.495 e. The summed E-state index contributed by atoms with van der Waals surface area (Å²) in [7, 11) is 1.77. The van der Waals surface area contributed by atoms with Crippen molar-refractivity contribution in [3.63, 3.8) is 0 Å². The van der Waals surface area contributed by atoms with Crippen LogP contribution in [-0.4, -0.2) is 75.8 Å². The van der Waals surface area contributed by atoms with Crippen molar-refractivity contribution in [1.29, 1.82) is 0 Å². The van der Waals surface area contributed by atoms with E-state index in [0.717, 1.165) is 44.4 Å². The lowest BCUT2D eigenvalue weighted by molar-refractivity contribution is 0.127. The number of hydrogen-bond donors (Lipinski definition) is 1. The molecule has 2 atom stereocenters. The standard InChI is InChI=1S/C27H38N4O/c1-32-27-11-5-4-10-26(27)31-17-15-30(16-18-31)21-22-7-6-13-29(20-22)14-12-23-19-28-25-9-3-2-8-24(23)25/h2-5,8-11,22-23,28H,6-7,12-21H2,1H3. The van der Waals surface area contributed by atoms with Crippen molar-refractivity contribution < 1.29 is 4.74 Å². The Morgan fingerprint density at radius 2 is 1.75 bits per heavy atom. The molecule has 2 aromatic rings. The zero-order valence-corrected chi connectivity index (χ0v) is 19.5. The number of para-hydroxylation sites is 3. The molecule has 2 fully saturated rings. The lowest BCUT2D eigenvalue weighted by Gasteiger charge is -2.40. The van der Waals surface area contributed by atoms with Gasteiger partial charge in [0.15, 0.2) is 0 Å². The molecular formula is C27H38N4O. The fourth-order valence-corrected chi connectivity index (χ4v) is 5.88. The van der Waals surface area contributed by atoms with Gasteiger partial charge in [-0.05, 0) is 62.0 Å². The van der Waals surface area contributed by atoms with Gasteiger partial charge in [-0.3, -0.25) is 4.90 Å². The van der Waals surface area contributed by atoms with Crippen LogP contribution in [0.5, 0.6) is 5.75 Å². The summed E-state index contributed by atoms with van der Waals surface area (Å²) in [5.74, 6) is 2.48. The number of nitrogens with zero attached hydrogens (tertiary/aromatic N) is 3. The van der Waals surface area contributed by atoms with Crippen LogP contribution >= 0.6 is 0 Å². The van der Waals surface area contributed by atoms with Gasteiger partial charge in [-0.1, -0.05) is 30.3 Å². The smallest absolute Gasteiger partial charge is 0.142 e. The van der Waals surface area contributed by atoms with E-state index in [0.29, 0.717) is 5.92 Å². The third kappa shape index (κ3) is 4.89. The van der Waals surface area contributed by atoms with Gasteiger partial charge in [0.1, 0.15) is 5.75 Å². The van der Waals surface area contributed by atoms with Crippen molar-refractivity contribution in [2.24, 2.45) is 5.92 Å². The highest BCUT2D eigenvalue weighted by atomic mass is 16.5. The lowest BCUT2D eigenvalue weighted by atomic mass is 9.94. The first-order chi connectivity index (χ1) is 15.8. The quantitative estimate of drug-likeness (QED) is 0.708. The second-order valence-corrected chi connectivity index (χ2v) is 9.72. The second kappa shape index (κ2) is 10.1. The van der Waals surface area contributed by atoms with E-state index in [1.165, 1.54) is 62.4 Å². The molecule has 0 radical (unpaired) electrons. The highest BCUT2D eigenvalue weighted by Crippen LogP contribution is 2.34. The number of piperazine rings is 1. The Labute approximate surface area is 193 Å². The zero-order chi connectivity index (χ0) is 21.8. The molecule has 5 nitrogen and oxygen atoms in total. The number of likely N-dealkylation sites (tertiary alicyclic amines) is 1. The van der Waals surface area contributed by atoms with Crippen LogP contribution < -0.4 is 15.0 Å². The third-order valence-corrected chi connectivity index (χ3v) is 7.65. The van der Waals surface area contributed by atoms with Crippen LogP contribution in [0.4, 0.5) is 11.4 Å². The summed E-state index contributed by atoms with van der Waals surface area (Å²) in [6.07, 6.45) is 4.01. The van der Waals surface area contributed by atoms with Crippen LogP contribution in [0.2, 0.25) is 0 Å². The molecule has 0 aliphatic carbocycles. The predicted molar refractivity (Wildman–Crippen MR) is 133 cm³/mol. The molecule has 3 aliphatic rings. The molecule has 3 heterocycles. The summed E-state index contributed by atoms with van der Waals surface area (Å²) >= 11 is 0. The first-order valence-electron chi connectivity index (χ1n) is 12.5. The van der Waals surface area contributed by atoms with E-state index in [9.17, 15) is 0 Å². The minimum atomic E-state index is 0.676. The van der Waals surface area contributed by atoms with Crippen LogP contribution in [0.1, 0.15) is 30.7 Å². The van der Waals surface area contributed by atoms with Gasteiger partial charge in [-0.15, -0.1) is 0 Å². The molecule has 172 valence electrons. The minimum Gasteiger partial charge on any atom is -0.495 e.